The number of ether oxygens (including phenoxy) is 1. The minimum atomic E-state index is -0.628. The average molecular weight is 402 g/mol. The van der Waals surface area contributed by atoms with Crippen molar-refractivity contribution in [2.24, 2.45) is 0 Å². The van der Waals surface area contributed by atoms with Gasteiger partial charge in [0, 0.05) is 38.8 Å². The molecule has 0 saturated carbocycles. The van der Waals surface area contributed by atoms with E-state index in [1.807, 2.05) is 4.90 Å². The highest BCUT2D eigenvalue weighted by atomic mass is 16.6. The van der Waals surface area contributed by atoms with E-state index in [1.54, 1.807) is 44.7 Å². The standard InChI is InChI=1S/C20H26N4O5/c1-12-14(22-19(27)29-20(3,4)5)6-7-15-16(12)17(26)28-18(21-15)24-10-8-23(9-11-24)13(2)25/h6-7H,8-11H2,1-5H3,(H,22,27). The molecule has 1 N–H and O–H groups in total. The molecule has 1 aromatic heterocycles. The predicted octanol–water partition coefficient (Wildman–Crippen LogP) is 2.51. The van der Waals surface area contributed by atoms with Crippen LogP contribution in [-0.4, -0.2) is 53.7 Å². The molecule has 2 aromatic rings. The Labute approximate surface area is 168 Å². The molecule has 2 amide bonds. The van der Waals surface area contributed by atoms with Gasteiger partial charge < -0.3 is 19.0 Å². The quantitative estimate of drug-likeness (QED) is 0.823. The number of carbonyl (C=O) groups excluding carboxylic acids is 2. The van der Waals surface area contributed by atoms with Crippen LogP contribution in [0.15, 0.2) is 21.3 Å². The number of nitrogens with one attached hydrogen (secondary N) is 1. The first-order valence-electron chi connectivity index (χ1n) is 9.50. The van der Waals surface area contributed by atoms with Crippen LogP contribution in [0.2, 0.25) is 0 Å². The number of nitrogens with zero attached hydrogens (tertiary/aromatic N) is 3. The molecule has 1 aromatic carbocycles. The summed E-state index contributed by atoms with van der Waals surface area (Å²) >= 11 is 0. The Bertz CT molecular complexity index is 1000. The van der Waals surface area contributed by atoms with Crippen molar-refractivity contribution in [2.45, 2.75) is 40.2 Å². The number of aromatic nitrogens is 1. The normalized spacial score (nSPS) is 14.8. The summed E-state index contributed by atoms with van der Waals surface area (Å²) in [5.41, 5.74) is 0.351. The molecule has 0 atom stereocenters. The van der Waals surface area contributed by atoms with Gasteiger partial charge in [-0.1, -0.05) is 0 Å². The van der Waals surface area contributed by atoms with Crippen LogP contribution >= 0.6 is 0 Å². The second kappa shape index (κ2) is 7.73. The number of fused-ring (bicyclic) bond motifs is 1. The smallest absolute Gasteiger partial charge is 0.412 e. The Morgan fingerprint density at radius 3 is 2.41 bits per heavy atom. The average Bonchev–Trinajstić information content (AvgIpc) is 2.62. The van der Waals surface area contributed by atoms with Crippen molar-refractivity contribution in [1.82, 2.24) is 9.88 Å². The summed E-state index contributed by atoms with van der Waals surface area (Å²) in [4.78, 5) is 44.3. The van der Waals surface area contributed by atoms with Crippen molar-refractivity contribution in [3.63, 3.8) is 0 Å². The van der Waals surface area contributed by atoms with E-state index < -0.39 is 17.3 Å². The summed E-state index contributed by atoms with van der Waals surface area (Å²) in [7, 11) is 0. The third-order valence-corrected chi connectivity index (χ3v) is 4.68. The first-order chi connectivity index (χ1) is 13.5. The number of hydrogen-bond donors (Lipinski definition) is 1. The maximum absolute atomic E-state index is 12.7. The van der Waals surface area contributed by atoms with Crippen LogP contribution in [0.1, 0.15) is 33.3 Å². The van der Waals surface area contributed by atoms with E-state index in [-0.39, 0.29) is 11.9 Å². The lowest BCUT2D eigenvalue weighted by Gasteiger charge is -2.33. The van der Waals surface area contributed by atoms with Gasteiger partial charge in [0.05, 0.1) is 10.9 Å². The summed E-state index contributed by atoms with van der Waals surface area (Å²) in [6.45, 7) is 10.8. The summed E-state index contributed by atoms with van der Waals surface area (Å²) < 4.78 is 10.7. The van der Waals surface area contributed by atoms with E-state index in [0.717, 1.165) is 0 Å². The third-order valence-electron chi connectivity index (χ3n) is 4.68. The molecule has 0 unspecified atom stereocenters. The van der Waals surface area contributed by atoms with Crippen LogP contribution < -0.4 is 15.8 Å². The molecule has 0 radical (unpaired) electrons. The highest BCUT2D eigenvalue weighted by Gasteiger charge is 2.23. The minimum Gasteiger partial charge on any atom is -0.444 e. The largest absolute Gasteiger partial charge is 0.444 e. The second-order valence-electron chi connectivity index (χ2n) is 8.04. The van der Waals surface area contributed by atoms with Crippen molar-refractivity contribution >= 4 is 34.6 Å². The fourth-order valence-corrected chi connectivity index (χ4v) is 3.20. The van der Waals surface area contributed by atoms with E-state index in [0.29, 0.717) is 48.3 Å². The molecule has 1 saturated heterocycles. The molecule has 0 aliphatic carbocycles. The Balaban J connectivity index is 1.86. The van der Waals surface area contributed by atoms with Gasteiger partial charge in [0.1, 0.15) is 5.60 Å². The molecule has 29 heavy (non-hydrogen) atoms. The Morgan fingerprint density at radius 2 is 1.83 bits per heavy atom. The maximum atomic E-state index is 12.7. The first-order valence-corrected chi connectivity index (χ1v) is 9.50. The topological polar surface area (TPSA) is 105 Å². The number of hydrogen-bond acceptors (Lipinski definition) is 7. The summed E-state index contributed by atoms with van der Waals surface area (Å²) in [5, 5.41) is 2.97. The van der Waals surface area contributed by atoms with Gasteiger partial charge in [0.15, 0.2) is 0 Å². The number of rotatable bonds is 2. The van der Waals surface area contributed by atoms with Crippen molar-refractivity contribution in [3.8, 4) is 0 Å². The lowest BCUT2D eigenvalue weighted by molar-refractivity contribution is -0.129. The molecule has 0 bridgehead atoms. The van der Waals surface area contributed by atoms with E-state index >= 15 is 0 Å². The molecule has 2 heterocycles. The zero-order valence-corrected chi connectivity index (χ0v) is 17.4. The number of anilines is 2. The van der Waals surface area contributed by atoms with Gasteiger partial charge in [-0.3, -0.25) is 10.1 Å². The predicted molar refractivity (Wildman–Crippen MR) is 109 cm³/mol. The number of piperazine rings is 1. The molecular formula is C20H26N4O5. The Morgan fingerprint density at radius 1 is 1.17 bits per heavy atom. The van der Waals surface area contributed by atoms with E-state index in [2.05, 4.69) is 10.3 Å². The zero-order chi connectivity index (χ0) is 21.3. The highest BCUT2D eigenvalue weighted by Crippen LogP contribution is 2.25. The molecule has 156 valence electrons. The Kier molecular flexibility index (Phi) is 5.50. The van der Waals surface area contributed by atoms with Gasteiger partial charge in [0.2, 0.25) is 5.91 Å². The Hall–Kier alpha value is -3.10. The molecule has 1 aliphatic rings. The van der Waals surface area contributed by atoms with Crippen molar-refractivity contribution in [3.05, 3.63) is 28.1 Å². The van der Waals surface area contributed by atoms with Crippen LogP contribution in [0.25, 0.3) is 10.9 Å². The molecule has 1 fully saturated rings. The van der Waals surface area contributed by atoms with Gasteiger partial charge in [-0.25, -0.2) is 9.59 Å². The van der Waals surface area contributed by atoms with Gasteiger partial charge in [-0.2, -0.15) is 4.98 Å². The number of benzene rings is 1. The van der Waals surface area contributed by atoms with Crippen LogP contribution in [0.5, 0.6) is 0 Å². The lowest BCUT2D eigenvalue weighted by atomic mass is 10.1. The second-order valence-corrected chi connectivity index (χ2v) is 8.04. The SMILES string of the molecule is CC(=O)N1CCN(c2nc3ccc(NC(=O)OC(C)(C)C)c(C)c3c(=O)o2)CC1. The fraction of sp³-hybridized carbons (Fsp3) is 0.500. The van der Waals surface area contributed by atoms with Crippen LogP contribution in [-0.2, 0) is 9.53 Å². The summed E-state index contributed by atoms with van der Waals surface area (Å²) in [5.74, 6) is 0.0261. The van der Waals surface area contributed by atoms with Gasteiger partial charge >= 0.3 is 17.7 Å². The lowest BCUT2D eigenvalue weighted by Crippen LogP contribution is -2.48. The maximum Gasteiger partial charge on any atom is 0.412 e. The van der Waals surface area contributed by atoms with Crippen LogP contribution in [0.4, 0.5) is 16.5 Å². The highest BCUT2D eigenvalue weighted by molar-refractivity contribution is 5.93. The van der Waals surface area contributed by atoms with E-state index in [1.165, 1.54) is 6.92 Å². The third kappa shape index (κ3) is 4.67. The molecule has 3 rings (SSSR count). The van der Waals surface area contributed by atoms with Gasteiger partial charge in [-0.05, 0) is 45.4 Å². The molecule has 9 nitrogen and oxygen atoms in total. The fourth-order valence-electron chi connectivity index (χ4n) is 3.20. The van der Waals surface area contributed by atoms with E-state index in [4.69, 9.17) is 9.15 Å². The minimum absolute atomic E-state index is 0.0261. The van der Waals surface area contributed by atoms with E-state index in [9.17, 15) is 14.4 Å². The molecule has 9 heteroatoms. The van der Waals surface area contributed by atoms with Crippen molar-refractivity contribution in [1.29, 1.82) is 0 Å². The number of carbonyl (C=O) groups is 2. The zero-order valence-electron chi connectivity index (χ0n) is 17.4. The summed E-state index contributed by atoms with van der Waals surface area (Å²) in [6.07, 6.45) is -0.600. The monoisotopic (exact) mass is 402 g/mol. The van der Waals surface area contributed by atoms with Gasteiger partial charge in [0.25, 0.3) is 0 Å². The summed E-state index contributed by atoms with van der Waals surface area (Å²) in [6, 6.07) is 3.59. The van der Waals surface area contributed by atoms with Crippen molar-refractivity contribution < 1.29 is 18.7 Å². The first kappa shape index (κ1) is 20.6. The molecule has 1 aliphatic heterocycles. The molecular weight excluding hydrogens is 376 g/mol. The number of aryl methyl sites for hydroxylation is 1. The molecule has 0 spiro atoms. The van der Waals surface area contributed by atoms with Crippen LogP contribution in [0, 0.1) is 6.92 Å². The van der Waals surface area contributed by atoms with Crippen LogP contribution in [0.3, 0.4) is 0 Å². The van der Waals surface area contributed by atoms with Crippen molar-refractivity contribution in [2.75, 3.05) is 36.4 Å². The number of amides is 2. The van der Waals surface area contributed by atoms with Gasteiger partial charge in [-0.15, -0.1) is 0 Å².